The number of likely N-dealkylation sites (tertiary alicyclic amines) is 1. The number of aryl methyl sites for hydroxylation is 1. The third-order valence-corrected chi connectivity index (χ3v) is 6.70. The van der Waals surface area contributed by atoms with Gasteiger partial charge in [0.05, 0.1) is 12.1 Å². The first-order chi connectivity index (χ1) is 15.2. The van der Waals surface area contributed by atoms with Crippen molar-refractivity contribution in [2.45, 2.75) is 32.4 Å². The summed E-state index contributed by atoms with van der Waals surface area (Å²) in [6.07, 6.45) is 2.33. The molecule has 2 aromatic heterocycles. The lowest BCUT2D eigenvalue weighted by Crippen LogP contribution is -2.43. The highest BCUT2D eigenvalue weighted by Gasteiger charge is 2.29. The van der Waals surface area contributed by atoms with E-state index in [1.807, 2.05) is 29.2 Å². The average Bonchev–Trinajstić information content (AvgIpc) is 3.51. The topological polar surface area (TPSA) is 57.2 Å². The van der Waals surface area contributed by atoms with Crippen molar-refractivity contribution in [3.63, 3.8) is 0 Å². The van der Waals surface area contributed by atoms with E-state index in [1.54, 1.807) is 0 Å². The Hall–Kier alpha value is -3.12. The summed E-state index contributed by atoms with van der Waals surface area (Å²) in [6, 6.07) is 18.8. The van der Waals surface area contributed by atoms with Crippen LogP contribution in [0, 0.1) is 0 Å². The van der Waals surface area contributed by atoms with Gasteiger partial charge in [-0.1, -0.05) is 43.3 Å². The third kappa shape index (κ3) is 3.61. The van der Waals surface area contributed by atoms with Gasteiger partial charge in [0.2, 0.25) is 0 Å². The van der Waals surface area contributed by atoms with Crippen LogP contribution < -0.4 is 0 Å². The first kappa shape index (κ1) is 19.8. The highest BCUT2D eigenvalue weighted by molar-refractivity contribution is 6.04. The zero-order chi connectivity index (χ0) is 21.4. The van der Waals surface area contributed by atoms with Gasteiger partial charge in [0, 0.05) is 36.2 Å². The number of hydrogen-bond acceptors (Lipinski definition) is 3. The normalized spacial score (nSPS) is 17.0. The maximum atomic E-state index is 13.7. The molecule has 6 heteroatoms. The van der Waals surface area contributed by atoms with E-state index < -0.39 is 0 Å². The van der Waals surface area contributed by atoms with Gasteiger partial charge in [0.15, 0.2) is 5.69 Å². The number of aromatic amines is 1. The standard InChI is InChI=1S/C25H29N5O/c1-3-29-14-8-10-19(29)16-30(17-20-15-18-9-4-7-13-23(18)28(20)2)25(31)24-21-11-5-6-12-22(21)26-27-24/h4-7,9,11-13,15,19H,3,8,10,14,16-17H2,1-2H3,(H,26,27). The molecular weight excluding hydrogens is 386 g/mol. The van der Waals surface area contributed by atoms with Crippen LogP contribution in [0.1, 0.15) is 35.9 Å². The maximum absolute atomic E-state index is 13.7. The zero-order valence-electron chi connectivity index (χ0n) is 18.2. The quantitative estimate of drug-likeness (QED) is 0.514. The molecule has 1 aliphatic heterocycles. The fourth-order valence-corrected chi connectivity index (χ4v) is 4.96. The Kier molecular flexibility index (Phi) is 5.24. The van der Waals surface area contributed by atoms with Crippen molar-refractivity contribution in [3.05, 3.63) is 66.0 Å². The Morgan fingerprint density at radius 3 is 2.84 bits per heavy atom. The lowest BCUT2D eigenvalue weighted by atomic mass is 10.1. The van der Waals surface area contributed by atoms with Gasteiger partial charge in [0.25, 0.3) is 5.91 Å². The van der Waals surface area contributed by atoms with E-state index in [4.69, 9.17) is 0 Å². The molecule has 5 rings (SSSR count). The number of hydrogen-bond donors (Lipinski definition) is 1. The minimum atomic E-state index is -0.00865. The highest BCUT2D eigenvalue weighted by atomic mass is 16.2. The Morgan fingerprint density at radius 2 is 2.00 bits per heavy atom. The van der Waals surface area contributed by atoms with Crippen molar-refractivity contribution in [1.29, 1.82) is 0 Å². The van der Waals surface area contributed by atoms with Crippen LogP contribution in [0.2, 0.25) is 0 Å². The number of aromatic nitrogens is 3. The van der Waals surface area contributed by atoms with E-state index in [-0.39, 0.29) is 5.91 Å². The van der Waals surface area contributed by atoms with Crippen LogP contribution in [-0.4, -0.2) is 56.1 Å². The number of H-pyrrole nitrogens is 1. The van der Waals surface area contributed by atoms with Gasteiger partial charge in [-0.2, -0.15) is 5.10 Å². The fourth-order valence-electron chi connectivity index (χ4n) is 4.96. The lowest BCUT2D eigenvalue weighted by Gasteiger charge is -2.30. The second-order valence-electron chi connectivity index (χ2n) is 8.48. The molecule has 0 spiro atoms. The van der Waals surface area contributed by atoms with Gasteiger partial charge >= 0.3 is 0 Å². The SMILES string of the molecule is CCN1CCCC1CN(Cc1cc2ccccc2n1C)C(=O)c1n[nH]c2ccccc12. The molecule has 160 valence electrons. The van der Waals surface area contributed by atoms with E-state index in [0.717, 1.165) is 42.7 Å². The van der Waals surface area contributed by atoms with Crippen molar-refractivity contribution in [1.82, 2.24) is 24.6 Å². The van der Waals surface area contributed by atoms with Crippen LogP contribution in [0.3, 0.4) is 0 Å². The molecule has 1 aliphatic rings. The van der Waals surface area contributed by atoms with Crippen molar-refractivity contribution in [2.24, 2.45) is 7.05 Å². The Bertz CT molecular complexity index is 1220. The Labute approximate surface area is 182 Å². The summed E-state index contributed by atoms with van der Waals surface area (Å²) < 4.78 is 2.20. The van der Waals surface area contributed by atoms with Crippen LogP contribution in [0.25, 0.3) is 21.8 Å². The van der Waals surface area contributed by atoms with E-state index in [9.17, 15) is 4.79 Å². The molecule has 1 unspecified atom stereocenters. The van der Waals surface area contributed by atoms with Gasteiger partial charge in [-0.3, -0.25) is 14.8 Å². The van der Waals surface area contributed by atoms with Crippen molar-refractivity contribution in [3.8, 4) is 0 Å². The van der Waals surface area contributed by atoms with Crippen molar-refractivity contribution in [2.75, 3.05) is 19.6 Å². The van der Waals surface area contributed by atoms with Crippen LogP contribution in [0.5, 0.6) is 0 Å². The molecule has 2 aromatic carbocycles. The number of likely N-dealkylation sites (N-methyl/N-ethyl adjacent to an activating group) is 1. The van der Waals surface area contributed by atoms with Crippen LogP contribution in [0.15, 0.2) is 54.6 Å². The monoisotopic (exact) mass is 415 g/mol. The molecule has 0 radical (unpaired) electrons. The molecule has 31 heavy (non-hydrogen) atoms. The van der Waals surface area contributed by atoms with Crippen LogP contribution in [0.4, 0.5) is 0 Å². The minimum absolute atomic E-state index is 0.00865. The smallest absolute Gasteiger partial charge is 0.275 e. The summed E-state index contributed by atoms with van der Waals surface area (Å²) in [5.41, 5.74) is 3.73. The van der Waals surface area contributed by atoms with E-state index in [2.05, 4.69) is 64.0 Å². The van der Waals surface area contributed by atoms with E-state index in [0.29, 0.717) is 18.3 Å². The molecule has 1 fully saturated rings. The third-order valence-electron chi connectivity index (χ3n) is 6.70. The minimum Gasteiger partial charge on any atom is -0.346 e. The maximum Gasteiger partial charge on any atom is 0.275 e. The number of amides is 1. The van der Waals surface area contributed by atoms with Gasteiger partial charge < -0.3 is 9.47 Å². The molecule has 1 saturated heterocycles. The molecule has 6 nitrogen and oxygen atoms in total. The number of carbonyl (C=O) groups is 1. The number of nitrogens with zero attached hydrogens (tertiary/aromatic N) is 4. The lowest BCUT2D eigenvalue weighted by molar-refractivity contribution is 0.0684. The van der Waals surface area contributed by atoms with Gasteiger partial charge in [-0.15, -0.1) is 0 Å². The molecule has 4 aromatic rings. The first-order valence-electron chi connectivity index (χ1n) is 11.2. The van der Waals surface area contributed by atoms with Crippen molar-refractivity contribution >= 4 is 27.7 Å². The molecule has 1 amide bonds. The largest absolute Gasteiger partial charge is 0.346 e. The second kappa shape index (κ2) is 8.19. The second-order valence-corrected chi connectivity index (χ2v) is 8.48. The van der Waals surface area contributed by atoms with Crippen LogP contribution in [-0.2, 0) is 13.6 Å². The summed E-state index contributed by atoms with van der Waals surface area (Å²) in [4.78, 5) is 18.2. The highest BCUT2D eigenvalue weighted by Crippen LogP contribution is 2.24. The molecule has 0 aliphatic carbocycles. The summed E-state index contributed by atoms with van der Waals surface area (Å²) in [7, 11) is 2.08. The van der Waals surface area contributed by atoms with Gasteiger partial charge in [-0.05, 0) is 49.5 Å². The summed E-state index contributed by atoms with van der Waals surface area (Å²) in [6.45, 7) is 5.62. The summed E-state index contributed by atoms with van der Waals surface area (Å²) in [5.74, 6) is -0.00865. The number of rotatable bonds is 6. The fraction of sp³-hybridized carbons (Fsp3) is 0.360. The number of para-hydroxylation sites is 2. The molecule has 1 N–H and O–H groups in total. The molecular formula is C25H29N5O. The zero-order valence-corrected chi connectivity index (χ0v) is 18.2. The first-order valence-corrected chi connectivity index (χ1v) is 11.2. The molecule has 1 atom stereocenters. The Balaban J connectivity index is 1.50. The Morgan fingerprint density at radius 1 is 1.19 bits per heavy atom. The predicted molar refractivity (Wildman–Crippen MR) is 124 cm³/mol. The van der Waals surface area contributed by atoms with E-state index >= 15 is 0 Å². The van der Waals surface area contributed by atoms with E-state index in [1.165, 1.54) is 17.3 Å². The average molecular weight is 416 g/mol. The number of carbonyl (C=O) groups excluding carboxylic acids is 1. The number of benzene rings is 2. The van der Waals surface area contributed by atoms with Crippen molar-refractivity contribution < 1.29 is 4.79 Å². The molecule has 0 bridgehead atoms. The summed E-state index contributed by atoms with van der Waals surface area (Å²) in [5, 5.41) is 9.51. The van der Waals surface area contributed by atoms with Gasteiger partial charge in [0.1, 0.15) is 0 Å². The van der Waals surface area contributed by atoms with Gasteiger partial charge in [-0.25, -0.2) is 0 Å². The number of nitrogens with one attached hydrogen (secondary N) is 1. The molecule has 0 saturated carbocycles. The summed E-state index contributed by atoms with van der Waals surface area (Å²) >= 11 is 0. The number of fused-ring (bicyclic) bond motifs is 2. The van der Waals surface area contributed by atoms with Crippen LogP contribution >= 0.6 is 0 Å². The molecule has 3 heterocycles. The predicted octanol–water partition coefficient (Wildman–Crippen LogP) is 4.18.